The van der Waals surface area contributed by atoms with E-state index in [4.69, 9.17) is 4.74 Å². The number of aliphatic imine (C=N–C) groups is 1. The molecule has 2 aromatic carbocycles. The lowest BCUT2D eigenvalue weighted by Gasteiger charge is -2.37. The van der Waals surface area contributed by atoms with Gasteiger partial charge in [0, 0.05) is 63.7 Å². The molecule has 2 fully saturated rings. The average Bonchev–Trinajstić information content (AvgIpc) is 3.25. The van der Waals surface area contributed by atoms with E-state index >= 15 is 0 Å². The Hall–Kier alpha value is -5.45. The monoisotopic (exact) mass is 885 g/mol. The summed E-state index contributed by atoms with van der Waals surface area (Å²) in [7, 11) is 0. The number of imide groups is 1. The number of aryl methyl sites for hydroxylation is 2. The summed E-state index contributed by atoms with van der Waals surface area (Å²) in [5.74, 6) is 1.97. The van der Waals surface area contributed by atoms with Gasteiger partial charge in [0.05, 0.1) is 12.1 Å². The summed E-state index contributed by atoms with van der Waals surface area (Å²) in [4.78, 5) is 41.9. The molecule has 0 atom stereocenters. The smallest absolute Gasteiger partial charge is 0.227 e. The molecule has 0 radical (unpaired) electrons. The molecule has 354 valence electrons. The summed E-state index contributed by atoms with van der Waals surface area (Å²) >= 11 is 0. The van der Waals surface area contributed by atoms with Gasteiger partial charge < -0.3 is 25.2 Å². The zero-order valence-corrected chi connectivity index (χ0v) is 41.4. The molecule has 0 bridgehead atoms. The summed E-state index contributed by atoms with van der Waals surface area (Å²) in [6.07, 6.45) is 11.7. The summed E-state index contributed by atoms with van der Waals surface area (Å²) in [6, 6.07) is 13.2. The second-order valence-electron chi connectivity index (χ2n) is 16.6. The van der Waals surface area contributed by atoms with Crippen molar-refractivity contribution < 1.29 is 23.5 Å². The number of amidine groups is 1. The Labute approximate surface area is 386 Å². The topological polar surface area (TPSA) is 115 Å². The fourth-order valence-corrected chi connectivity index (χ4v) is 6.32. The Balaban J connectivity index is 0.000000636. The van der Waals surface area contributed by atoms with E-state index in [2.05, 4.69) is 80.5 Å². The van der Waals surface area contributed by atoms with Gasteiger partial charge in [0.25, 0.3) is 0 Å². The predicted octanol–water partition coefficient (Wildman–Crippen LogP) is 11.5. The Morgan fingerprint density at radius 2 is 1.55 bits per heavy atom. The first-order valence-electron chi connectivity index (χ1n) is 23.2. The number of carbonyl (C=O) groups excluding carboxylic acids is 3. The summed E-state index contributed by atoms with van der Waals surface area (Å²) < 4.78 is 18.3. The molecule has 3 aliphatic heterocycles. The van der Waals surface area contributed by atoms with Crippen LogP contribution in [-0.2, 0) is 25.5 Å². The molecule has 0 spiro atoms. The Morgan fingerprint density at radius 3 is 2.03 bits per heavy atom. The van der Waals surface area contributed by atoms with E-state index in [1.807, 2.05) is 75.2 Å². The number of hydrogen-bond acceptors (Lipinski definition) is 7. The van der Waals surface area contributed by atoms with Crippen LogP contribution in [0.25, 0.3) is 0 Å². The van der Waals surface area contributed by atoms with Crippen LogP contribution in [0, 0.1) is 25.6 Å². The Kier molecular flexibility index (Phi) is 27.8. The fourth-order valence-electron chi connectivity index (χ4n) is 6.32. The molecule has 3 N–H and O–H groups in total. The minimum atomic E-state index is -0.284. The maximum absolute atomic E-state index is 12.6. The van der Waals surface area contributed by atoms with E-state index < -0.39 is 0 Å². The lowest BCUT2D eigenvalue weighted by Crippen LogP contribution is -2.49. The van der Waals surface area contributed by atoms with Gasteiger partial charge >= 0.3 is 0 Å². The maximum atomic E-state index is 12.6. The standard InChI is InChI=1S/C31H41N5O2.C8H9F.C6H11NO2.2C4H10/c1-7-29(23(4)31-24(5)38-15-13-32-31)35-14-12-27(22(3)20-35)17-33-25(6)34-28-10-8-26(9-11-28)16-30(37)36-18-21(2)19-36;1-6-3-4-7(2)8(9)5-6;1-3-4-6(9)7-5(2)8;2*1-3-4-2/h7-11,17,21,32H,1,3,12-16,18-20H2,2,4-6H3,(H,33,34);3-5H,1-2H3;3-4H2,1-2H3,(H,7,8,9);2*3-4H2,1-2H3/b27-17-,29-23+;;;;. The van der Waals surface area contributed by atoms with E-state index in [1.54, 1.807) is 13.0 Å². The number of amides is 3. The highest BCUT2D eigenvalue weighted by molar-refractivity contribution is 5.94. The molecule has 3 heterocycles. The number of halogens is 1. The Morgan fingerprint density at radius 1 is 0.922 bits per heavy atom. The lowest BCUT2D eigenvalue weighted by atomic mass is 9.98. The van der Waals surface area contributed by atoms with Crippen molar-refractivity contribution >= 4 is 29.2 Å². The van der Waals surface area contributed by atoms with Crippen molar-refractivity contribution in [2.75, 3.05) is 44.6 Å². The highest BCUT2D eigenvalue weighted by Gasteiger charge is 2.27. The lowest BCUT2D eigenvalue weighted by molar-refractivity contribution is -0.136. The van der Waals surface area contributed by atoms with Crippen LogP contribution in [0.15, 0.2) is 107 Å². The number of unbranched alkanes of at least 4 members (excludes halogenated alkanes) is 2. The molecule has 2 saturated heterocycles. The first-order chi connectivity index (χ1) is 30.4. The van der Waals surface area contributed by atoms with Gasteiger partial charge in [-0.2, -0.15) is 0 Å². The van der Waals surface area contributed by atoms with E-state index in [0.29, 0.717) is 30.9 Å². The molecule has 3 amide bonds. The first-order valence-corrected chi connectivity index (χ1v) is 23.2. The second kappa shape index (κ2) is 31.4. The van der Waals surface area contributed by atoms with E-state index in [-0.39, 0.29) is 23.5 Å². The number of hydrogen-bond donors (Lipinski definition) is 3. The fraction of sp³-hybridized carbons (Fsp3) is 0.509. The average molecular weight is 885 g/mol. The normalized spacial score (nSPS) is 15.7. The number of rotatable bonds is 11. The van der Waals surface area contributed by atoms with E-state index in [1.165, 1.54) is 38.7 Å². The number of ether oxygens (including phenoxy) is 1. The molecule has 5 rings (SSSR count). The zero-order valence-electron chi connectivity index (χ0n) is 41.4. The van der Waals surface area contributed by atoms with Gasteiger partial charge in [-0.25, -0.2) is 9.38 Å². The number of likely N-dealkylation sites (tertiary alicyclic amines) is 2. The van der Waals surface area contributed by atoms with Crippen LogP contribution in [0.3, 0.4) is 0 Å². The van der Waals surface area contributed by atoms with Crippen molar-refractivity contribution in [3.8, 4) is 0 Å². The van der Waals surface area contributed by atoms with Crippen molar-refractivity contribution in [1.82, 2.24) is 20.4 Å². The SMILES string of the molecule is C=C/C(=C(/C)C1=C(C)OCCN1)N1CC/C(=C/N=C(C)Nc2ccc(CC(=O)N3CC(C)C3)cc2)C(=C)C1.CCCC.CCCC.CCCC(=O)NC(C)=O.Cc1ccc(C)c(F)c1. The maximum Gasteiger partial charge on any atom is 0.227 e. The Bertz CT molecular complexity index is 1920. The van der Waals surface area contributed by atoms with Crippen molar-refractivity contribution in [2.45, 2.75) is 134 Å². The molecule has 64 heavy (non-hydrogen) atoms. The van der Waals surface area contributed by atoms with Crippen molar-refractivity contribution in [1.29, 1.82) is 0 Å². The largest absolute Gasteiger partial charge is 0.494 e. The number of benzene rings is 2. The number of allylic oxidation sites excluding steroid dienone is 3. The van der Waals surface area contributed by atoms with Crippen LogP contribution in [0.2, 0.25) is 0 Å². The number of carbonyl (C=O) groups is 3. The van der Waals surface area contributed by atoms with Gasteiger partial charge in [-0.3, -0.25) is 19.7 Å². The molecule has 3 aliphatic rings. The van der Waals surface area contributed by atoms with Gasteiger partial charge in [0.15, 0.2) is 0 Å². The third-order valence-electron chi connectivity index (χ3n) is 10.4. The number of piperidine rings is 1. The number of anilines is 1. The minimum absolute atomic E-state index is 0.116. The van der Waals surface area contributed by atoms with Crippen LogP contribution in [-0.4, -0.2) is 72.7 Å². The van der Waals surface area contributed by atoms with Crippen LogP contribution in [0.5, 0.6) is 0 Å². The minimum Gasteiger partial charge on any atom is -0.494 e. The molecule has 0 unspecified atom stereocenters. The van der Waals surface area contributed by atoms with Gasteiger partial charge in [-0.1, -0.05) is 105 Å². The highest BCUT2D eigenvalue weighted by atomic mass is 19.1. The number of nitrogens with one attached hydrogen (secondary N) is 3. The molecule has 0 saturated carbocycles. The van der Waals surface area contributed by atoms with Crippen molar-refractivity contribution in [2.24, 2.45) is 10.9 Å². The summed E-state index contributed by atoms with van der Waals surface area (Å²) in [6.45, 7) is 37.1. The van der Waals surface area contributed by atoms with Gasteiger partial charge in [0.2, 0.25) is 17.7 Å². The van der Waals surface area contributed by atoms with Crippen molar-refractivity contribution in [3.05, 3.63) is 124 Å². The third-order valence-corrected chi connectivity index (χ3v) is 10.4. The quantitative estimate of drug-likeness (QED) is 0.117. The van der Waals surface area contributed by atoms with Crippen LogP contribution < -0.4 is 16.0 Å². The molecular formula is C53H81FN6O4. The van der Waals surface area contributed by atoms with Crippen LogP contribution >= 0.6 is 0 Å². The molecular weight excluding hydrogens is 804 g/mol. The van der Waals surface area contributed by atoms with Gasteiger partial charge in [0.1, 0.15) is 24.0 Å². The highest BCUT2D eigenvalue weighted by Crippen LogP contribution is 2.28. The van der Waals surface area contributed by atoms with Crippen LogP contribution in [0.4, 0.5) is 10.1 Å². The third kappa shape index (κ3) is 21.8. The molecule has 2 aromatic rings. The van der Waals surface area contributed by atoms with E-state index in [9.17, 15) is 18.8 Å². The summed E-state index contributed by atoms with van der Waals surface area (Å²) in [5, 5.41) is 8.97. The molecule has 0 aromatic heterocycles. The van der Waals surface area contributed by atoms with Crippen molar-refractivity contribution in [3.63, 3.8) is 0 Å². The van der Waals surface area contributed by atoms with Gasteiger partial charge in [-0.05, 0) is 111 Å². The number of nitrogens with zero attached hydrogens (tertiary/aromatic N) is 3. The first kappa shape index (κ1) is 56.6. The van der Waals surface area contributed by atoms with Gasteiger partial charge in [-0.15, -0.1) is 0 Å². The molecule has 11 heteroatoms. The zero-order chi connectivity index (χ0) is 48.2. The van der Waals surface area contributed by atoms with Crippen LogP contribution in [0.1, 0.15) is 131 Å². The molecule has 10 nitrogen and oxygen atoms in total. The second-order valence-corrected chi connectivity index (χ2v) is 16.6. The summed E-state index contributed by atoms with van der Waals surface area (Å²) in [5.41, 5.74) is 9.17. The predicted molar refractivity (Wildman–Crippen MR) is 266 cm³/mol. The van der Waals surface area contributed by atoms with E-state index in [0.717, 1.165) is 102 Å². The molecule has 0 aliphatic carbocycles.